The SMILES string of the molecule is CCOc1nc2cccc(C(=O)O)c2n1Cc1ccc(-c2cc(-c3ccccc3)ccc2-c2noc(=O)[nH]2)cc1. The highest BCUT2D eigenvalue weighted by Gasteiger charge is 2.19. The summed E-state index contributed by atoms with van der Waals surface area (Å²) in [4.78, 5) is 30.8. The number of nitrogens with one attached hydrogen (secondary N) is 1. The van der Waals surface area contributed by atoms with E-state index in [0.29, 0.717) is 36.0 Å². The first-order chi connectivity index (χ1) is 19.5. The molecule has 0 aliphatic carbocycles. The summed E-state index contributed by atoms with van der Waals surface area (Å²) < 4.78 is 12.3. The Kier molecular flexibility index (Phi) is 6.45. The molecule has 2 N–H and O–H groups in total. The van der Waals surface area contributed by atoms with Crippen molar-refractivity contribution in [3.63, 3.8) is 0 Å². The van der Waals surface area contributed by atoms with Crippen LogP contribution in [0.15, 0.2) is 100 Å². The van der Waals surface area contributed by atoms with Crippen molar-refractivity contribution in [3.8, 4) is 39.7 Å². The summed E-state index contributed by atoms with van der Waals surface area (Å²) in [5.74, 6) is -1.31. The first kappa shape index (κ1) is 24.9. The summed E-state index contributed by atoms with van der Waals surface area (Å²) in [5.41, 5.74) is 6.74. The van der Waals surface area contributed by atoms with Gasteiger partial charge in [-0.05, 0) is 59.0 Å². The molecule has 0 saturated heterocycles. The lowest BCUT2D eigenvalue weighted by Gasteiger charge is -2.13. The third kappa shape index (κ3) is 4.64. The zero-order valence-electron chi connectivity index (χ0n) is 21.5. The van der Waals surface area contributed by atoms with Crippen LogP contribution < -0.4 is 10.5 Å². The zero-order chi connectivity index (χ0) is 27.6. The van der Waals surface area contributed by atoms with E-state index in [4.69, 9.17) is 9.26 Å². The lowest BCUT2D eigenvalue weighted by Crippen LogP contribution is -2.08. The first-order valence-electron chi connectivity index (χ1n) is 12.7. The van der Waals surface area contributed by atoms with E-state index in [1.165, 1.54) is 0 Å². The maximum Gasteiger partial charge on any atom is 0.439 e. The average molecular weight is 533 g/mol. The van der Waals surface area contributed by atoms with Gasteiger partial charge in [-0.15, -0.1) is 0 Å². The van der Waals surface area contributed by atoms with Crippen LogP contribution in [0.4, 0.5) is 0 Å². The Morgan fingerprint density at radius 3 is 2.40 bits per heavy atom. The van der Waals surface area contributed by atoms with Gasteiger partial charge in [-0.3, -0.25) is 14.1 Å². The van der Waals surface area contributed by atoms with Crippen molar-refractivity contribution in [2.75, 3.05) is 6.61 Å². The molecule has 6 aromatic rings. The van der Waals surface area contributed by atoms with Gasteiger partial charge in [0.05, 0.1) is 29.7 Å². The number of H-pyrrole nitrogens is 1. The van der Waals surface area contributed by atoms with Crippen LogP contribution >= 0.6 is 0 Å². The maximum absolute atomic E-state index is 12.0. The molecule has 4 aromatic carbocycles. The first-order valence-corrected chi connectivity index (χ1v) is 12.7. The number of nitrogens with zero attached hydrogens (tertiary/aromatic N) is 3. The summed E-state index contributed by atoms with van der Waals surface area (Å²) >= 11 is 0. The minimum atomic E-state index is -1.03. The summed E-state index contributed by atoms with van der Waals surface area (Å²) in [6.07, 6.45) is 0. The largest absolute Gasteiger partial charge is 0.478 e. The van der Waals surface area contributed by atoms with Gasteiger partial charge >= 0.3 is 11.7 Å². The molecule has 0 unspecified atom stereocenters. The number of fused-ring (bicyclic) bond motifs is 1. The predicted molar refractivity (Wildman–Crippen MR) is 150 cm³/mol. The van der Waals surface area contributed by atoms with Gasteiger partial charge in [0.25, 0.3) is 6.01 Å². The number of aromatic nitrogens is 4. The fraction of sp³-hybridized carbons (Fsp3) is 0.0968. The van der Waals surface area contributed by atoms with E-state index in [1.807, 2.05) is 73.7 Å². The Morgan fingerprint density at radius 2 is 1.70 bits per heavy atom. The molecule has 0 amide bonds. The van der Waals surface area contributed by atoms with Gasteiger partial charge in [-0.2, -0.15) is 4.98 Å². The number of carbonyl (C=O) groups is 1. The molecule has 9 heteroatoms. The van der Waals surface area contributed by atoms with Crippen LogP contribution in [0.25, 0.3) is 44.7 Å². The van der Waals surface area contributed by atoms with Crippen LogP contribution in [0, 0.1) is 0 Å². The third-order valence-corrected chi connectivity index (χ3v) is 6.66. The lowest BCUT2D eigenvalue weighted by molar-refractivity contribution is 0.0698. The van der Waals surface area contributed by atoms with Crippen LogP contribution in [0.5, 0.6) is 6.01 Å². The molecular weight excluding hydrogens is 508 g/mol. The predicted octanol–water partition coefficient (Wildman–Crippen LogP) is 5.86. The molecule has 0 spiro atoms. The molecule has 9 nitrogen and oxygen atoms in total. The third-order valence-electron chi connectivity index (χ3n) is 6.66. The number of ether oxygens (including phenoxy) is 1. The van der Waals surface area contributed by atoms with E-state index >= 15 is 0 Å². The lowest BCUT2D eigenvalue weighted by atomic mass is 9.93. The van der Waals surface area contributed by atoms with Crippen molar-refractivity contribution in [2.24, 2.45) is 0 Å². The van der Waals surface area contributed by atoms with Crippen molar-refractivity contribution < 1.29 is 19.2 Å². The van der Waals surface area contributed by atoms with Gasteiger partial charge in [-0.1, -0.05) is 71.9 Å². The minimum Gasteiger partial charge on any atom is -0.478 e. The number of benzene rings is 4. The van der Waals surface area contributed by atoms with Crippen LogP contribution in [-0.4, -0.2) is 37.4 Å². The number of aromatic amines is 1. The van der Waals surface area contributed by atoms with Gasteiger partial charge < -0.3 is 9.84 Å². The number of para-hydroxylation sites is 1. The Balaban J connectivity index is 1.41. The van der Waals surface area contributed by atoms with E-state index < -0.39 is 11.7 Å². The molecule has 6 rings (SSSR count). The quantitative estimate of drug-likeness (QED) is 0.252. The van der Waals surface area contributed by atoms with E-state index in [0.717, 1.165) is 33.4 Å². The zero-order valence-corrected chi connectivity index (χ0v) is 21.5. The molecule has 0 fully saturated rings. The topological polar surface area (TPSA) is 123 Å². The Labute approximate surface area is 228 Å². The Bertz CT molecular complexity index is 1890. The molecule has 0 bridgehead atoms. The number of hydrogen-bond donors (Lipinski definition) is 2. The number of carboxylic acid groups (broad SMARTS) is 1. The molecule has 2 heterocycles. The summed E-state index contributed by atoms with van der Waals surface area (Å²) in [7, 11) is 0. The molecule has 0 aliphatic rings. The second-order valence-corrected chi connectivity index (χ2v) is 9.16. The molecular formula is C31H24N4O5. The monoisotopic (exact) mass is 532 g/mol. The van der Waals surface area contributed by atoms with Gasteiger partial charge in [-0.25, -0.2) is 9.59 Å². The second-order valence-electron chi connectivity index (χ2n) is 9.16. The minimum absolute atomic E-state index is 0.163. The average Bonchev–Trinajstić information content (AvgIpc) is 3.57. The van der Waals surface area contributed by atoms with Crippen molar-refractivity contribution in [1.29, 1.82) is 0 Å². The number of aromatic carboxylic acids is 1. The number of imidazole rings is 1. The molecule has 2 aromatic heterocycles. The molecule has 0 atom stereocenters. The smallest absolute Gasteiger partial charge is 0.439 e. The van der Waals surface area contributed by atoms with Crippen LogP contribution in [0.1, 0.15) is 22.8 Å². The Hall–Kier alpha value is -5.44. The molecule has 0 saturated carbocycles. The highest BCUT2D eigenvalue weighted by atomic mass is 16.5. The molecule has 0 radical (unpaired) electrons. The molecule has 0 aliphatic heterocycles. The normalized spacial score (nSPS) is 11.1. The highest BCUT2D eigenvalue weighted by molar-refractivity contribution is 6.01. The van der Waals surface area contributed by atoms with Crippen molar-refractivity contribution in [3.05, 3.63) is 113 Å². The maximum atomic E-state index is 12.0. The van der Waals surface area contributed by atoms with Crippen molar-refractivity contribution in [1.82, 2.24) is 19.7 Å². The second kappa shape index (κ2) is 10.4. The van der Waals surface area contributed by atoms with Crippen LogP contribution in [0.2, 0.25) is 0 Å². The summed E-state index contributed by atoms with van der Waals surface area (Å²) in [6.45, 7) is 2.62. The Morgan fingerprint density at radius 1 is 0.925 bits per heavy atom. The van der Waals surface area contributed by atoms with Crippen LogP contribution in [0.3, 0.4) is 0 Å². The van der Waals surface area contributed by atoms with Gasteiger partial charge in [0.15, 0.2) is 5.82 Å². The van der Waals surface area contributed by atoms with E-state index in [-0.39, 0.29) is 5.56 Å². The number of rotatable bonds is 8. The number of carboxylic acids is 1. The molecule has 40 heavy (non-hydrogen) atoms. The van der Waals surface area contributed by atoms with Gasteiger partial charge in [0, 0.05) is 5.56 Å². The fourth-order valence-corrected chi connectivity index (χ4v) is 4.84. The van der Waals surface area contributed by atoms with E-state index in [1.54, 1.807) is 22.8 Å². The molecule has 198 valence electrons. The van der Waals surface area contributed by atoms with E-state index in [2.05, 4.69) is 21.2 Å². The van der Waals surface area contributed by atoms with Crippen molar-refractivity contribution in [2.45, 2.75) is 13.5 Å². The van der Waals surface area contributed by atoms with Crippen molar-refractivity contribution >= 4 is 17.0 Å². The number of hydrogen-bond acceptors (Lipinski definition) is 6. The van der Waals surface area contributed by atoms with Crippen LogP contribution in [-0.2, 0) is 6.54 Å². The van der Waals surface area contributed by atoms with E-state index in [9.17, 15) is 14.7 Å². The summed E-state index contributed by atoms with van der Waals surface area (Å²) in [6, 6.07) is 29.3. The highest BCUT2D eigenvalue weighted by Crippen LogP contribution is 2.35. The fourth-order valence-electron chi connectivity index (χ4n) is 4.84. The van der Waals surface area contributed by atoms with Gasteiger partial charge in [0.1, 0.15) is 0 Å². The standard InChI is InChI=1S/C31H24N4O5/c1-2-39-30-32-26-10-6-9-24(29(36)37)27(26)35(30)18-19-11-13-21(14-12-19)25-17-22(20-7-4-3-5-8-20)15-16-23(25)28-33-31(38)40-34-28/h3-17H,2,18H2,1H3,(H,36,37)(H,33,34,38). The summed E-state index contributed by atoms with van der Waals surface area (Å²) in [5, 5.41) is 13.7. The van der Waals surface area contributed by atoms with Gasteiger partial charge in [0.2, 0.25) is 0 Å².